The summed E-state index contributed by atoms with van der Waals surface area (Å²) >= 11 is 0. The van der Waals surface area contributed by atoms with Crippen LogP contribution in [0.25, 0.3) is 0 Å². The van der Waals surface area contributed by atoms with Crippen LogP contribution in [-0.4, -0.2) is 44.0 Å². The Morgan fingerprint density at radius 3 is 2.58 bits per heavy atom. The van der Waals surface area contributed by atoms with E-state index in [-0.39, 0.29) is 12.0 Å². The molecule has 0 bridgehead atoms. The minimum absolute atomic E-state index is 0.0529. The largest absolute Gasteiger partial charge is 0.409 e. The Balaban J connectivity index is 2.41. The van der Waals surface area contributed by atoms with E-state index in [1.54, 1.807) is 7.11 Å². The van der Waals surface area contributed by atoms with Crippen molar-refractivity contribution in [1.29, 1.82) is 0 Å². The summed E-state index contributed by atoms with van der Waals surface area (Å²) in [5.41, 5.74) is 5.12. The average Bonchev–Trinajstić information content (AvgIpc) is 3.10. The van der Waals surface area contributed by atoms with Crippen LogP contribution in [0.3, 0.4) is 0 Å². The molecule has 0 radical (unpaired) electrons. The van der Waals surface area contributed by atoms with Crippen LogP contribution in [0.4, 0.5) is 13.2 Å². The molecule has 0 aliphatic heterocycles. The molecule has 19 heavy (non-hydrogen) atoms. The summed E-state index contributed by atoms with van der Waals surface area (Å²) in [7, 11) is 1.60. The summed E-state index contributed by atoms with van der Waals surface area (Å²) in [6.45, 7) is 0.709. The topological polar surface area (TPSA) is 79.9 Å². The number of hydrogen-bond acceptors (Lipinski definition) is 4. The first-order chi connectivity index (χ1) is 8.84. The molecule has 1 aliphatic carbocycles. The number of hydrogen-bond donors (Lipinski definition) is 3. The molecule has 4 N–H and O–H groups in total. The fraction of sp³-hybridized carbons (Fsp3) is 0.909. The zero-order chi connectivity index (χ0) is 14.5. The molecule has 1 saturated carbocycles. The number of oxime groups is 1. The van der Waals surface area contributed by atoms with Crippen LogP contribution >= 0.6 is 0 Å². The highest BCUT2D eigenvalue weighted by molar-refractivity contribution is 5.83. The van der Waals surface area contributed by atoms with E-state index in [1.807, 2.05) is 0 Å². The maximum atomic E-state index is 12.7. The van der Waals surface area contributed by atoms with E-state index < -0.39 is 17.9 Å². The molecular weight excluding hydrogens is 263 g/mol. The molecule has 5 nitrogen and oxygen atoms in total. The van der Waals surface area contributed by atoms with Gasteiger partial charge in [-0.3, -0.25) is 0 Å². The minimum Gasteiger partial charge on any atom is -0.409 e. The van der Waals surface area contributed by atoms with Gasteiger partial charge in [-0.1, -0.05) is 5.16 Å². The predicted molar refractivity (Wildman–Crippen MR) is 64.0 cm³/mol. The average molecular weight is 283 g/mol. The Hall–Kier alpha value is -1.02. The van der Waals surface area contributed by atoms with Crippen molar-refractivity contribution < 1.29 is 23.1 Å². The normalized spacial score (nSPS) is 20.3. The summed E-state index contributed by atoms with van der Waals surface area (Å²) in [6, 6.07) is 0. The van der Waals surface area contributed by atoms with Gasteiger partial charge in [-0.05, 0) is 24.7 Å². The van der Waals surface area contributed by atoms with E-state index in [0.29, 0.717) is 13.2 Å². The molecule has 8 heteroatoms. The number of nitrogens with two attached hydrogens (primary N) is 1. The molecular formula is C11H20F3N3O2. The van der Waals surface area contributed by atoms with Gasteiger partial charge in [0.05, 0.1) is 0 Å². The summed E-state index contributed by atoms with van der Waals surface area (Å²) in [4.78, 5) is 0. The molecule has 0 aromatic carbocycles. The maximum Gasteiger partial charge on any atom is 0.400 e. The molecule has 0 aromatic heterocycles. The summed E-state index contributed by atoms with van der Waals surface area (Å²) in [5, 5.41) is 13.6. The van der Waals surface area contributed by atoms with Crippen molar-refractivity contribution in [3.8, 4) is 0 Å². The van der Waals surface area contributed by atoms with Crippen molar-refractivity contribution in [3.05, 3.63) is 0 Å². The van der Waals surface area contributed by atoms with E-state index in [9.17, 15) is 13.2 Å². The lowest BCUT2D eigenvalue weighted by Gasteiger charge is -2.21. The lowest BCUT2D eigenvalue weighted by atomic mass is 10.0. The highest BCUT2D eigenvalue weighted by Gasteiger charge is 2.45. The zero-order valence-corrected chi connectivity index (χ0v) is 10.8. The van der Waals surface area contributed by atoms with Crippen LogP contribution in [0.5, 0.6) is 0 Å². The molecule has 0 aromatic rings. The fourth-order valence-corrected chi connectivity index (χ4v) is 1.95. The first-order valence-electron chi connectivity index (χ1n) is 6.08. The number of halogens is 3. The Morgan fingerprint density at radius 2 is 2.16 bits per heavy atom. The zero-order valence-electron chi connectivity index (χ0n) is 10.8. The van der Waals surface area contributed by atoms with Gasteiger partial charge in [0.2, 0.25) is 0 Å². The van der Waals surface area contributed by atoms with Crippen molar-refractivity contribution >= 4 is 5.84 Å². The van der Waals surface area contributed by atoms with Gasteiger partial charge in [-0.25, -0.2) is 0 Å². The van der Waals surface area contributed by atoms with Crippen LogP contribution in [0.15, 0.2) is 5.16 Å². The summed E-state index contributed by atoms with van der Waals surface area (Å²) in [6.07, 6.45) is -1.71. The SMILES string of the molecule is COCCC1(CNCC(C(N)=NO)C(F)(F)F)CC1. The van der Waals surface area contributed by atoms with Gasteiger partial charge in [0, 0.05) is 26.8 Å². The Morgan fingerprint density at radius 1 is 1.53 bits per heavy atom. The second kappa shape index (κ2) is 6.42. The highest BCUT2D eigenvalue weighted by Crippen LogP contribution is 2.48. The standard InChI is InChI=1S/C11H20F3N3O2/c1-19-5-4-10(2-3-10)7-16-6-8(9(15)17-18)11(12,13)14/h8,16,18H,2-7H2,1H3,(H2,15,17). The molecule has 0 heterocycles. The number of rotatable bonds is 8. The van der Waals surface area contributed by atoms with E-state index in [4.69, 9.17) is 15.7 Å². The smallest absolute Gasteiger partial charge is 0.400 e. The van der Waals surface area contributed by atoms with E-state index in [1.165, 1.54) is 0 Å². The van der Waals surface area contributed by atoms with Gasteiger partial charge in [0.25, 0.3) is 0 Å². The van der Waals surface area contributed by atoms with Crippen molar-refractivity contribution in [3.63, 3.8) is 0 Å². The molecule has 1 rings (SSSR count). The molecule has 0 amide bonds. The first-order valence-corrected chi connectivity index (χ1v) is 6.08. The monoisotopic (exact) mass is 283 g/mol. The van der Waals surface area contributed by atoms with E-state index >= 15 is 0 Å². The van der Waals surface area contributed by atoms with Crippen LogP contribution < -0.4 is 11.1 Å². The second-order valence-corrected chi connectivity index (χ2v) is 4.99. The number of alkyl halides is 3. The van der Waals surface area contributed by atoms with E-state index in [2.05, 4.69) is 10.5 Å². The van der Waals surface area contributed by atoms with Gasteiger partial charge < -0.3 is 21.0 Å². The first kappa shape index (κ1) is 16.0. The number of amidine groups is 1. The number of nitrogens with zero attached hydrogens (tertiary/aromatic N) is 1. The lowest BCUT2D eigenvalue weighted by Crippen LogP contribution is -2.44. The lowest BCUT2D eigenvalue weighted by molar-refractivity contribution is -0.155. The van der Waals surface area contributed by atoms with Crippen molar-refractivity contribution in [2.75, 3.05) is 26.8 Å². The highest BCUT2D eigenvalue weighted by atomic mass is 19.4. The Bertz CT molecular complexity index is 317. The third kappa shape index (κ3) is 4.87. The molecule has 1 unspecified atom stereocenters. The predicted octanol–water partition coefficient (Wildman–Crippen LogP) is 1.32. The van der Waals surface area contributed by atoms with Gasteiger partial charge in [-0.2, -0.15) is 13.2 Å². The second-order valence-electron chi connectivity index (χ2n) is 4.99. The van der Waals surface area contributed by atoms with Crippen LogP contribution in [0.2, 0.25) is 0 Å². The Labute approximate surface area is 110 Å². The fourth-order valence-electron chi connectivity index (χ4n) is 1.95. The minimum atomic E-state index is -4.52. The molecule has 1 fully saturated rings. The molecule has 0 spiro atoms. The van der Waals surface area contributed by atoms with Gasteiger partial charge >= 0.3 is 6.18 Å². The number of nitrogens with one attached hydrogen (secondary N) is 1. The van der Waals surface area contributed by atoms with Crippen molar-refractivity contribution in [2.45, 2.75) is 25.4 Å². The third-order valence-corrected chi connectivity index (χ3v) is 3.51. The van der Waals surface area contributed by atoms with Crippen LogP contribution in [0.1, 0.15) is 19.3 Å². The molecule has 0 saturated heterocycles. The van der Waals surface area contributed by atoms with Crippen LogP contribution in [-0.2, 0) is 4.74 Å². The van der Waals surface area contributed by atoms with E-state index in [0.717, 1.165) is 19.3 Å². The summed E-state index contributed by atoms with van der Waals surface area (Å²) in [5.74, 6) is -2.78. The van der Waals surface area contributed by atoms with Gasteiger partial charge in [-0.15, -0.1) is 0 Å². The summed E-state index contributed by atoms with van der Waals surface area (Å²) < 4.78 is 43.0. The molecule has 112 valence electrons. The molecule has 1 aliphatic rings. The van der Waals surface area contributed by atoms with Gasteiger partial charge in [0.1, 0.15) is 5.92 Å². The van der Waals surface area contributed by atoms with Gasteiger partial charge in [0.15, 0.2) is 5.84 Å². The maximum absolute atomic E-state index is 12.7. The van der Waals surface area contributed by atoms with Crippen molar-refractivity contribution in [2.24, 2.45) is 22.2 Å². The Kier molecular flexibility index (Phi) is 5.42. The number of ether oxygens (including phenoxy) is 1. The quantitative estimate of drug-likeness (QED) is 0.272. The third-order valence-electron chi connectivity index (χ3n) is 3.51. The number of methoxy groups -OCH3 is 1. The molecule has 1 atom stereocenters. The van der Waals surface area contributed by atoms with Crippen molar-refractivity contribution in [1.82, 2.24) is 5.32 Å². The van der Waals surface area contributed by atoms with Crippen LogP contribution in [0, 0.1) is 11.3 Å².